The Morgan fingerprint density at radius 2 is 1.73 bits per heavy atom. The second-order valence-electron chi connectivity index (χ2n) is 2.87. The van der Waals surface area contributed by atoms with Crippen molar-refractivity contribution in [2.24, 2.45) is 5.73 Å². The van der Waals surface area contributed by atoms with Crippen molar-refractivity contribution < 1.29 is 0 Å². The summed E-state index contributed by atoms with van der Waals surface area (Å²) in [4.78, 5) is 0. The molecule has 0 aliphatic heterocycles. The third-order valence-electron chi connectivity index (χ3n) is 1.71. The van der Waals surface area contributed by atoms with Crippen molar-refractivity contribution in [2.75, 3.05) is 19.6 Å². The van der Waals surface area contributed by atoms with Crippen LogP contribution >= 0.6 is 0 Å². The minimum atomic E-state index is 0.703. The summed E-state index contributed by atoms with van der Waals surface area (Å²) in [5.41, 5.74) is 5.30. The van der Waals surface area contributed by atoms with Gasteiger partial charge in [-0.3, -0.25) is 0 Å². The lowest BCUT2D eigenvalue weighted by Crippen LogP contribution is -2.16. The second kappa shape index (κ2) is 9.92. The molecule has 11 heavy (non-hydrogen) atoms. The maximum atomic E-state index is 5.30. The molecule has 67 valence electrons. The molecule has 2 N–H and O–H groups in total. The predicted octanol–water partition coefficient (Wildman–Crippen LogP) is 1.52. The maximum Gasteiger partial charge on any atom is 0.0256 e. The monoisotopic (exact) mass is 157 g/mol. The summed E-state index contributed by atoms with van der Waals surface area (Å²) in [6, 6.07) is 0. The lowest BCUT2D eigenvalue weighted by Gasteiger charge is -1.99. The fourth-order valence-corrected chi connectivity index (χ4v) is 1.03. The number of hydrogen-bond acceptors (Lipinski definition) is 1. The number of unbranched alkanes of at least 4 members (excludes halogenated alkanes) is 4. The van der Waals surface area contributed by atoms with Gasteiger partial charge < -0.3 is 5.73 Å². The first-order valence-electron chi connectivity index (χ1n) is 4.75. The van der Waals surface area contributed by atoms with E-state index in [0.29, 0.717) is 6.54 Å². The number of nitrogens with zero attached hydrogens (tertiary/aromatic N) is 1. The molecule has 0 rings (SSSR count). The third-order valence-corrected chi connectivity index (χ3v) is 1.71. The van der Waals surface area contributed by atoms with Crippen LogP contribution in [0.25, 0.3) is 0 Å². The highest BCUT2D eigenvalue weighted by molar-refractivity contribution is 4.48. The minimum absolute atomic E-state index is 0.703. The molecule has 0 bridgehead atoms. The standard InChI is InChI=1S/C9H21N2/c1-2-3-4-5-6-8-11-9-7-10/h2-10H2,1H3. The van der Waals surface area contributed by atoms with Crippen LogP contribution in [0.3, 0.4) is 0 Å². The minimum Gasteiger partial charge on any atom is -0.329 e. The molecule has 0 aromatic carbocycles. The summed E-state index contributed by atoms with van der Waals surface area (Å²) in [6.07, 6.45) is 6.65. The topological polar surface area (TPSA) is 40.1 Å². The first kappa shape index (κ1) is 10.9. The van der Waals surface area contributed by atoms with Crippen LogP contribution in [0.2, 0.25) is 0 Å². The van der Waals surface area contributed by atoms with Gasteiger partial charge in [0.05, 0.1) is 0 Å². The molecule has 0 fully saturated rings. The van der Waals surface area contributed by atoms with E-state index in [-0.39, 0.29) is 0 Å². The maximum absolute atomic E-state index is 5.30. The summed E-state index contributed by atoms with van der Waals surface area (Å²) in [7, 11) is 0. The Labute approximate surface area is 70.5 Å². The van der Waals surface area contributed by atoms with E-state index >= 15 is 0 Å². The van der Waals surface area contributed by atoms with Gasteiger partial charge in [0.2, 0.25) is 0 Å². The van der Waals surface area contributed by atoms with Crippen LogP contribution in [-0.2, 0) is 0 Å². The van der Waals surface area contributed by atoms with Crippen molar-refractivity contribution in [3.05, 3.63) is 0 Å². The fourth-order valence-electron chi connectivity index (χ4n) is 1.03. The van der Waals surface area contributed by atoms with E-state index in [9.17, 15) is 0 Å². The molecule has 0 spiro atoms. The van der Waals surface area contributed by atoms with Crippen molar-refractivity contribution in [3.63, 3.8) is 0 Å². The molecule has 2 heteroatoms. The van der Waals surface area contributed by atoms with E-state index in [4.69, 9.17) is 5.73 Å². The first-order valence-corrected chi connectivity index (χ1v) is 4.75. The third kappa shape index (κ3) is 9.92. The van der Waals surface area contributed by atoms with Crippen LogP contribution in [0.1, 0.15) is 39.0 Å². The van der Waals surface area contributed by atoms with Gasteiger partial charge in [0.25, 0.3) is 0 Å². The Bertz CT molecular complexity index is 56.6. The van der Waals surface area contributed by atoms with Crippen LogP contribution in [0, 0.1) is 0 Å². The van der Waals surface area contributed by atoms with Gasteiger partial charge in [-0.1, -0.05) is 32.6 Å². The van der Waals surface area contributed by atoms with Crippen molar-refractivity contribution >= 4 is 0 Å². The number of rotatable bonds is 8. The molecule has 2 nitrogen and oxygen atoms in total. The molecule has 0 amide bonds. The van der Waals surface area contributed by atoms with Gasteiger partial charge in [-0.2, -0.15) is 0 Å². The molecule has 0 aromatic heterocycles. The van der Waals surface area contributed by atoms with Gasteiger partial charge in [0.15, 0.2) is 0 Å². The average molecular weight is 157 g/mol. The van der Waals surface area contributed by atoms with Crippen molar-refractivity contribution in [3.8, 4) is 0 Å². The molecular weight excluding hydrogens is 136 g/mol. The van der Waals surface area contributed by atoms with Crippen LogP contribution in [0.4, 0.5) is 0 Å². The molecule has 0 saturated heterocycles. The molecule has 0 aliphatic carbocycles. The quantitative estimate of drug-likeness (QED) is 0.533. The van der Waals surface area contributed by atoms with E-state index in [1.54, 1.807) is 0 Å². The molecular formula is C9H21N2. The zero-order valence-corrected chi connectivity index (χ0v) is 7.68. The van der Waals surface area contributed by atoms with E-state index < -0.39 is 0 Å². The summed E-state index contributed by atoms with van der Waals surface area (Å²) in [6.45, 7) is 4.79. The fraction of sp³-hybridized carbons (Fsp3) is 1.00. The number of hydrogen-bond donors (Lipinski definition) is 1. The molecule has 0 aromatic rings. The van der Waals surface area contributed by atoms with Gasteiger partial charge in [0, 0.05) is 19.6 Å². The Morgan fingerprint density at radius 1 is 1.00 bits per heavy atom. The molecule has 0 saturated carbocycles. The highest BCUT2D eigenvalue weighted by Gasteiger charge is 1.88. The van der Waals surface area contributed by atoms with Crippen molar-refractivity contribution in [2.45, 2.75) is 39.0 Å². The Kier molecular flexibility index (Phi) is 9.85. The van der Waals surface area contributed by atoms with Crippen LogP contribution < -0.4 is 11.1 Å². The Hall–Kier alpha value is -0.0800. The lowest BCUT2D eigenvalue weighted by molar-refractivity contribution is 0.580. The normalized spacial score (nSPS) is 10.4. The summed E-state index contributed by atoms with van der Waals surface area (Å²) in [5.74, 6) is 0. The van der Waals surface area contributed by atoms with Crippen LogP contribution in [0.15, 0.2) is 0 Å². The van der Waals surface area contributed by atoms with Gasteiger partial charge in [-0.25, -0.2) is 5.32 Å². The zero-order chi connectivity index (χ0) is 8.36. The summed E-state index contributed by atoms with van der Waals surface area (Å²) in [5, 5.41) is 4.26. The van der Waals surface area contributed by atoms with Gasteiger partial charge >= 0.3 is 0 Å². The lowest BCUT2D eigenvalue weighted by atomic mass is 10.1. The smallest absolute Gasteiger partial charge is 0.0256 e. The Morgan fingerprint density at radius 3 is 2.36 bits per heavy atom. The predicted molar refractivity (Wildman–Crippen MR) is 49.7 cm³/mol. The van der Waals surface area contributed by atoms with Crippen molar-refractivity contribution in [1.29, 1.82) is 0 Å². The molecule has 1 radical (unpaired) electrons. The van der Waals surface area contributed by atoms with Gasteiger partial charge in [0.1, 0.15) is 0 Å². The molecule has 0 heterocycles. The molecule has 0 atom stereocenters. The number of nitrogens with two attached hydrogens (primary N) is 1. The molecule has 0 aliphatic rings. The highest BCUT2D eigenvalue weighted by Crippen LogP contribution is 2.00. The highest BCUT2D eigenvalue weighted by atomic mass is 14.9. The summed E-state index contributed by atoms with van der Waals surface area (Å²) < 4.78 is 0. The van der Waals surface area contributed by atoms with E-state index in [1.807, 2.05) is 0 Å². The van der Waals surface area contributed by atoms with Gasteiger partial charge in [-0.05, 0) is 6.42 Å². The van der Waals surface area contributed by atoms with E-state index in [0.717, 1.165) is 13.1 Å². The van der Waals surface area contributed by atoms with Crippen LogP contribution in [-0.4, -0.2) is 19.6 Å². The van der Waals surface area contributed by atoms with Crippen LogP contribution in [0.5, 0.6) is 0 Å². The zero-order valence-electron chi connectivity index (χ0n) is 7.68. The SMILES string of the molecule is CCCCCCC[N]CCN. The van der Waals surface area contributed by atoms with Gasteiger partial charge in [-0.15, -0.1) is 0 Å². The second-order valence-corrected chi connectivity index (χ2v) is 2.87. The van der Waals surface area contributed by atoms with E-state index in [1.165, 1.54) is 32.1 Å². The Balaban J connectivity index is 2.69. The first-order chi connectivity index (χ1) is 5.41. The van der Waals surface area contributed by atoms with E-state index in [2.05, 4.69) is 12.2 Å². The summed E-state index contributed by atoms with van der Waals surface area (Å²) >= 11 is 0. The largest absolute Gasteiger partial charge is 0.329 e. The molecule has 0 unspecified atom stereocenters. The van der Waals surface area contributed by atoms with Crippen molar-refractivity contribution in [1.82, 2.24) is 5.32 Å². The average Bonchev–Trinajstić information content (AvgIpc) is 2.03.